The van der Waals surface area contributed by atoms with E-state index in [-0.39, 0.29) is 0 Å². The van der Waals surface area contributed by atoms with Gasteiger partial charge in [0.2, 0.25) is 0 Å². The molecule has 8 aromatic rings. The molecule has 0 N–H and O–H groups in total. The summed E-state index contributed by atoms with van der Waals surface area (Å²) in [6.07, 6.45) is -1.98. The first-order chi connectivity index (χ1) is 22.8. The van der Waals surface area contributed by atoms with Crippen LogP contribution in [0, 0.1) is 0 Å². The molecule has 6 aromatic carbocycles. The van der Waals surface area contributed by atoms with Crippen LogP contribution in [-0.2, 0) is 12.6 Å². The fourth-order valence-electron chi connectivity index (χ4n) is 6.33. The van der Waals surface area contributed by atoms with Crippen molar-refractivity contribution in [2.75, 3.05) is 0 Å². The van der Waals surface area contributed by atoms with Crippen LogP contribution in [0.25, 0.3) is 75.6 Å². The molecule has 0 saturated heterocycles. The molecule has 0 aliphatic carbocycles. The number of benzene rings is 6. The van der Waals surface area contributed by atoms with Crippen molar-refractivity contribution in [2.45, 2.75) is 19.5 Å². The van der Waals surface area contributed by atoms with Gasteiger partial charge in [-0.3, -0.25) is 0 Å². The highest BCUT2D eigenvalue weighted by atomic mass is 32.1. The number of aryl methyl sites for hydroxylation is 1. The molecule has 0 aliphatic rings. The summed E-state index contributed by atoms with van der Waals surface area (Å²) < 4.78 is 41.7. The smallest absolute Gasteiger partial charge is 0.245 e. The minimum absolute atomic E-state index is 0.543. The number of rotatable bonds is 5. The van der Waals surface area contributed by atoms with E-state index in [1.165, 1.54) is 38.7 Å². The van der Waals surface area contributed by atoms with Gasteiger partial charge in [-0.15, -0.1) is 11.3 Å². The van der Waals surface area contributed by atoms with Crippen LogP contribution < -0.4 is 0 Å². The predicted molar refractivity (Wildman–Crippen MR) is 191 cm³/mol. The summed E-state index contributed by atoms with van der Waals surface area (Å²) >= 11 is 1.72. The molecule has 0 amide bonds. The van der Waals surface area contributed by atoms with Gasteiger partial charge in [0.1, 0.15) is 4.83 Å². The van der Waals surface area contributed by atoms with E-state index in [1.807, 2.05) is 49.5 Å². The van der Waals surface area contributed by atoms with Gasteiger partial charge in [-0.1, -0.05) is 91.9 Å². The molecule has 0 atom stereocenters. The largest absolute Gasteiger partial charge is 0.416 e. The summed E-state index contributed by atoms with van der Waals surface area (Å²) in [5.74, 6) is 0. The zero-order chi connectivity index (χ0) is 32.1. The minimum Gasteiger partial charge on any atom is -0.245 e. The number of hydrogen-bond acceptors (Lipinski definition) is 2. The molecule has 228 valence electrons. The number of aromatic nitrogens is 1. The van der Waals surface area contributed by atoms with Gasteiger partial charge in [0.25, 0.3) is 0 Å². The molecule has 5 heteroatoms. The van der Waals surface area contributed by atoms with E-state index in [0.29, 0.717) is 17.5 Å². The molecule has 0 saturated carbocycles. The van der Waals surface area contributed by atoms with Gasteiger partial charge in [-0.25, -0.2) is 4.98 Å². The van der Waals surface area contributed by atoms with Gasteiger partial charge in [0, 0.05) is 21.7 Å². The van der Waals surface area contributed by atoms with Crippen LogP contribution in [0.2, 0.25) is 0 Å². The maximum Gasteiger partial charge on any atom is 0.416 e. The number of pyridine rings is 1. The fraction of sp³-hybridized carbons (Fsp3) is 0.0714. The van der Waals surface area contributed by atoms with Crippen LogP contribution in [0.1, 0.15) is 18.1 Å². The fourth-order valence-corrected chi connectivity index (χ4v) is 7.36. The second-order valence-corrected chi connectivity index (χ2v) is 12.9. The van der Waals surface area contributed by atoms with Gasteiger partial charge in [-0.05, 0) is 116 Å². The Kier molecular flexibility index (Phi) is 7.15. The van der Waals surface area contributed by atoms with Crippen LogP contribution >= 0.6 is 11.3 Å². The third kappa shape index (κ3) is 5.57. The lowest BCUT2D eigenvalue weighted by Crippen LogP contribution is -2.06. The molecule has 0 aliphatic heterocycles. The Bertz CT molecular complexity index is 2420. The van der Waals surface area contributed by atoms with Gasteiger partial charge in [0.05, 0.1) is 5.56 Å². The number of hydrogen-bond donors (Lipinski definition) is 0. The Hall–Kier alpha value is -5.26. The molecule has 8 rings (SSSR count). The number of halogens is 3. The maximum absolute atomic E-state index is 13.5. The Balaban J connectivity index is 1.04. The Labute approximate surface area is 274 Å². The van der Waals surface area contributed by atoms with E-state index in [4.69, 9.17) is 0 Å². The van der Waals surface area contributed by atoms with Gasteiger partial charge in [0.15, 0.2) is 0 Å². The normalized spacial score (nSPS) is 11.9. The van der Waals surface area contributed by atoms with E-state index in [1.54, 1.807) is 11.3 Å². The van der Waals surface area contributed by atoms with Crippen LogP contribution in [-0.4, -0.2) is 4.98 Å². The molecule has 0 fully saturated rings. The minimum atomic E-state index is -4.37. The Morgan fingerprint density at radius 3 is 1.64 bits per heavy atom. The lowest BCUT2D eigenvalue weighted by atomic mass is 9.94. The van der Waals surface area contributed by atoms with Gasteiger partial charge >= 0.3 is 6.18 Å². The van der Waals surface area contributed by atoms with Crippen LogP contribution in [0.3, 0.4) is 0 Å². The Morgan fingerprint density at radius 2 is 1.06 bits per heavy atom. The summed E-state index contributed by atoms with van der Waals surface area (Å²) in [7, 11) is 0. The molecular weight excluding hydrogens is 608 g/mol. The van der Waals surface area contributed by atoms with E-state index < -0.39 is 11.7 Å². The first-order valence-corrected chi connectivity index (χ1v) is 16.4. The number of nitrogens with zero attached hydrogens (tertiary/aromatic N) is 1. The maximum atomic E-state index is 13.5. The number of fused-ring (bicyclic) bond motifs is 4. The SMILES string of the molecule is CCc1cc(-c2ccc(-c3ccc4cc(-c5ccc(-c6ccc7sc8ncccc8c7c6)cc5)ccc4c3)cc2)cc(C(F)(F)F)c1. The topological polar surface area (TPSA) is 12.9 Å². The van der Waals surface area contributed by atoms with E-state index >= 15 is 0 Å². The zero-order valence-corrected chi connectivity index (χ0v) is 26.3. The number of thiophene rings is 1. The lowest BCUT2D eigenvalue weighted by Gasteiger charge is -2.12. The molecule has 2 aromatic heterocycles. The first kappa shape index (κ1) is 29.2. The van der Waals surface area contributed by atoms with Gasteiger partial charge < -0.3 is 0 Å². The van der Waals surface area contributed by atoms with Crippen LogP contribution in [0.15, 0.2) is 140 Å². The summed E-state index contributed by atoms with van der Waals surface area (Å²) in [5, 5.41) is 4.71. The second kappa shape index (κ2) is 11.5. The lowest BCUT2D eigenvalue weighted by molar-refractivity contribution is -0.137. The average Bonchev–Trinajstić information content (AvgIpc) is 3.49. The Morgan fingerprint density at radius 1 is 0.532 bits per heavy atom. The third-order valence-corrected chi connectivity index (χ3v) is 10.0. The van der Waals surface area contributed by atoms with Crippen molar-refractivity contribution in [2.24, 2.45) is 0 Å². The molecule has 0 bridgehead atoms. The third-order valence-electron chi connectivity index (χ3n) is 8.92. The van der Waals surface area contributed by atoms with Crippen LogP contribution in [0.4, 0.5) is 13.2 Å². The summed E-state index contributed by atoms with van der Waals surface area (Å²) in [4.78, 5) is 5.59. The summed E-state index contributed by atoms with van der Waals surface area (Å²) in [5.41, 5.74) is 8.16. The molecule has 0 spiro atoms. The monoisotopic (exact) mass is 635 g/mol. The van der Waals surface area contributed by atoms with E-state index in [0.717, 1.165) is 43.4 Å². The van der Waals surface area contributed by atoms with Crippen molar-refractivity contribution < 1.29 is 13.2 Å². The van der Waals surface area contributed by atoms with Crippen molar-refractivity contribution in [3.8, 4) is 44.5 Å². The zero-order valence-electron chi connectivity index (χ0n) is 25.5. The van der Waals surface area contributed by atoms with Gasteiger partial charge in [-0.2, -0.15) is 13.2 Å². The summed E-state index contributed by atoms with van der Waals surface area (Å²) in [6, 6.07) is 44.5. The van der Waals surface area contributed by atoms with Crippen molar-refractivity contribution in [3.63, 3.8) is 0 Å². The molecule has 1 nitrogen and oxygen atoms in total. The molecule has 0 unspecified atom stereocenters. The van der Waals surface area contributed by atoms with Crippen molar-refractivity contribution >= 4 is 42.4 Å². The quantitative estimate of drug-likeness (QED) is 0.183. The first-order valence-electron chi connectivity index (χ1n) is 15.6. The molecular formula is C42H28F3NS. The highest BCUT2D eigenvalue weighted by molar-refractivity contribution is 7.25. The van der Waals surface area contributed by atoms with E-state index in [2.05, 4.69) is 89.9 Å². The standard InChI is InChI=1S/C42H28F3NS/c1-2-26-20-36(24-37(21-26)42(43,44)45)30-11-9-28(10-12-30)32-14-16-33-22-31(13-15-34(33)23-32)27-5-7-29(8-6-27)35-17-18-40-39(25-35)38-4-3-19-46-41(38)47-40/h3-25H,2H2,1H3. The summed E-state index contributed by atoms with van der Waals surface area (Å²) in [6.45, 7) is 1.87. The average molecular weight is 636 g/mol. The molecule has 2 heterocycles. The molecule has 0 radical (unpaired) electrons. The highest BCUT2D eigenvalue weighted by Gasteiger charge is 2.31. The highest BCUT2D eigenvalue weighted by Crippen LogP contribution is 2.37. The van der Waals surface area contributed by atoms with Crippen molar-refractivity contribution in [3.05, 3.63) is 151 Å². The number of alkyl halides is 3. The van der Waals surface area contributed by atoms with E-state index in [9.17, 15) is 13.2 Å². The van der Waals surface area contributed by atoms with Crippen LogP contribution in [0.5, 0.6) is 0 Å². The van der Waals surface area contributed by atoms with Crippen molar-refractivity contribution in [1.29, 1.82) is 0 Å². The molecule has 47 heavy (non-hydrogen) atoms. The predicted octanol–water partition coefficient (Wildman–Crippen LogP) is 12.9. The second-order valence-electron chi connectivity index (χ2n) is 11.9. The van der Waals surface area contributed by atoms with Crippen molar-refractivity contribution in [1.82, 2.24) is 4.98 Å².